The van der Waals surface area contributed by atoms with Gasteiger partial charge in [-0.3, -0.25) is 0 Å². The molecule has 0 aliphatic carbocycles. The highest BCUT2D eigenvalue weighted by atomic mass is 16.5. The van der Waals surface area contributed by atoms with Crippen molar-refractivity contribution in [3.8, 4) is 12.3 Å². The van der Waals surface area contributed by atoms with Gasteiger partial charge in [0.25, 0.3) is 0 Å². The maximum Gasteiger partial charge on any atom is 0.339 e. The summed E-state index contributed by atoms with van der Waals surface area (Å²) in [5.74, 6) is 1.88. The summed E-state index contributed by atoms with van der Waals surface area (Å²) >= 11 is 0. The number of carbonyl (C=O) groups is 1. The van der Waals surface area contributed by atoms with Crippen LogP contribution in [0.25, 0.3) is 0 Å². The fourth-order valence-corrected chi connectivity index (χ4v) is 1.18. The predicted octanol–water partition coefficient (Wildman–Crippen LogP) is 0.947. The fraction of sp³-hybridized carbons (Fsp3) is 0.182. The number of terminal acetylenes is 1. The van der Waals surface area contributed by atoms with Crippen molar-refractivity contribution >= 4 is 5.97 Å². The molecule has 0 saturated carbocycles. The van der Waals surface area contributed by atoms with Crippen LogP contribution in [0.5, 0.6) is 0 Å². The monoisotopic (exact) mass is 190 g/mol. The molecule has 0 saturated heterocycles. The zero-order chi connectivity index (χ0) is 10.6. The first-order chi connectivity index (χ1) is 6.74. The number of aliphatic hydroxyl groups excluding tert-OH is 1. The minimum Gasteiger partial charge on any atom is -0.465 e. The maximum atomic E-state index is 11.3. The maximum absolute atomic E-state index is 11.3. The molecule has 0 amide bonds. The van der Waals surface area contributed by atoms with E-state index in [1.54, 1.807) is 18.2 Å². The summed E-state index contributed by atoms with van der Waals surface area (Å²) in [5.41, 5.74) is 1.25. The van der Waals surface area contributed by atoms with Gasteiger partial charge in [-0.1, -0.05) is 18.1 Å². The number of ether oxygens (including phenoxy) is 1. The van der Waals surface area contributed by atoms with Crippen LogP contribution in [0.1, 0.15) is 21.5 Å². The molecule has 3 nitrogen and oxygen atoms in total. The first-order valence-corrected chi connectivity index (χ1v) is 4.02. The third-order valence-electron chi connectivity index (χ3n) is 1.87. The van der Waals surface area contributed by atoms with Crippen LogP contribution in [0.3, 0.4) is 0 Å². The van der Waals surface area contributed by atoms with E-state index in [1.165, 1.54) is 7.11 Å². The molecule has 1 N–H and O–H groups in total. The number of carbonyl (C=O) groups excluding carboxylic acids is 1. The van der Waals surface area contributed by atoms with Gasteiger partial charge in [-0.15, -0.1) is 6.42 Å². The first kappa shape index (κ1) is 10.3. The first-order valence-electron chi connectivity index (χ1n) is 4.02. The summed E-state index contributed by atoms with van der Waals surface area (Å²) in [6, 6.07) is 4.89. The number of aliphatic hydroxyl groups is 1. The predicted molar refractivity (Wildman–Crippen MR) is 51.6 cm³/mol. The van der Waals surface area contributed by atoms with E-state index in [0.29, 0.717) is 16.7 Å². The molecule has 1 aromatic rings. The molecular weight excluding hydrogens is 180 g/mol. The lowest BCUT2D eigenvalue weighted by Gasteiger charge is -2.06. The highest BCUT2D eigenvalue weighted by Gasteiger charge is 2.12. The minimum atomic E-state index is -0.492. The van der Waals surface area contributed by atoms with E-state index in [0.717, 1.165) is 0 Å². The Balaban J connectivity index is 3.31. The Kier molecular flexibility index (Phi) is 3.27. The number of esters is 1. The van der Waals surface area contributed by atoms with Crippen molar-refractivity contribution in [2.75, 3.05) is 7.11 Å². The third-order valence-corrected chi connectivity index (χ3v) is 1.87. The summed E-state index contributed by atoms with van der Waals surface area (Å²) < 4.78 is 4.56. The van der Waals surface area contributed by atoms with E-state index in [9.17, 15) is 4.79 Å². The molecule has 0 aliphatic heterocycles. The zero-order valence-electron chi connectivity index (χ0n) is 7.78. The second kappa shape index (κ2) is 4.45. The van der Waals surface area contributed by atoms with E-state index in [4.69, 9.17) is 11.5 Å². The van der Waals surface area contributed by atoms with Gasteiger partial charge in [-0.05, 0) is 11.6 Å². The highest BCUT2D eigenvalue weighted by Crippen LogP contribution is 2.14. The molecule has 0 radical (unpaired) electrons. The van der Waals surface area contributed by atoms with Gasteiger partial charge in [-0.25, -0.2) is 4.79 Å². The Morgan fingerprint density at radius 3 is 2.86 bits per heavy atom. The number of hydrogen-bond acceptors (Lipinski definition) is 3. The van der Waals surface area contributed by atoms with Gasteiger partial charge in [-0.2, -0.15) is 0 Å². The minimum absolute atomic E-state index is 0.190. The standard InChI is InChI=1S/C11H10O3/c1-3-9-8(7-12)5-4-6-10(9)11(13)14-2/h1,4-6,12H,7H2,2H3. The Hall–Kier alpha value is -1.79. The van der Waals surface area contributed by atoms with Crippen molar-refractivity contribution < 1.29 is 14.6 Å². The molecule has 0 aliphatic rings. The van der Waals surface area contributed by atoms with Gasteiger partial charge in [0, 0.05) is 5.56 Å². The van der Waals surface area contributed by atoms with Crippen LogP contribution in [0.15, 0.2) is 18.2 Å². The summed E-state index contributed by atoms with van der Waals surface area (Å²) in [4.78, 5) is 11.3. The lowest BCUT2D eigenvalue weighted by Crippen LogP contribution is -2.06. The molecule has 1 aromatic carbocycles. The van der Waals surface area contributed by atoms with Crippen molar-refractivity contribution in [1.29, 1.82) is 0 Å². The molecule has 0 bridgehead atoms. The summed E-state index contributed by atoms with van der Waals surface area (Å²) in [5, 5.41) is 8.98. The van der Waals surface area contributed by atoms with Gasteiger partial charge >= 0.3 is 5.97 Å². The number of rotatable bonds is 2. The Morgan fingerprint density at radius 1 is 1.64 bits per heavy atom. The van der Waals surface area contributed by atoms with Crippen molar-refractivity contribution in [2.45, 2.75) is 6.61 Å². The van der Waals surface area contributed by atoms with Gasteiger partial charge in [0.1, 0.15) is 0 Å². The van der Waals surface area contributed by atoms with Crippen LogP contribution in [-0.2, 0) is 11.3 Å². The quantitative estimate of drug-likeness (QED) is 0.557. The van der Waals surface area contributed by atoms with E-state index in [2.05, 4.69) is 10.7 Å². The molecule has 0 unspecified atom stereocenters. The fourth-order valence-electron chi connectivity index (χ4n) is 1.18. The summed E-state index contributed by atoms with van der Waals surface area (Å²) in [7, 11) is 1.29. The smallest absolute Gasteiger partial charge is 0.339 e. The second-order valence-electron chi connectivity index (χ2n) is 2.63. The van der Waals surface area contributed by atoms with Crippen LogP contribution < -0.4 is 0 Å². The average Bonchev–Trinajstić information content (AvgIpc) is 2.26. The number of hydrogen-bond donors (Lipinski definition) is 1. The van der Waals surface area contributed by atoms with Crippen molar-refractivity contribution in [1.82, 2.24) is 0 Å². The van der Waals surface area contributed by atoms with E-state index < -0.39 is 5.97 Å². The SMILES string of the molecule is C#Cc1c(CO)cccc1C(=O)OC. The molecule has 72 valence electrons. The van der Waals surface area contributed by atoms with Gasteiger partial charge in [0.2, 0.25) is 0 Å². The normalized spacial score (nSPS) is 9.21. The highest BCUT2D eigenvalue weighted by molar-refractivity contribution is 5.92. The number of benzene rings is 1. The van der Waals surface area contributed by atoms with Gasteiger partial charge in [0.15, 0.2) is 0 Å². The Bertz CT molecular complexity index is 388. The Labute approximate surface area is 82.3 Å². The van der Waals surface area contributed by atoms with Gasteiger partial charge in [0.05, 0.1) is 19.3 Å². The molecule has 0 aromatic heterocycles. The van der Waals surface area contributed by atoms with E-state index in [1.807, 2.05) is 0 Å². The molecule has 0 spiro atoms. The van der Waals surface area contributed by atoms with Crippen LogP contribution in [0.4, 0.5) is 0 Å². The Morgan fingerprint density at radius 2 is 2.36 bits per heavy atom. The van der Waals surface area contributed by atoms with E-state index in [-0.39, 0.29) is 6.61 Å². The number of methoxy groups -OCH3 is 1. The molecule has 3 heteroatoms. The lowest BCUT2D eigenvalue weighted by molar-refractivity contribution is 0.0600. The molecule has 0 heterocycles. The summed E-state index contributed by atoms with van der Waals surface area (Å²) in [6.45, 7) is -0.190. The molecule has 1 rings (SSSR count). The lowest BCUT2D eigenvalue weighted by atomic mass is 10.0. The second-order valence-corrected chi connectivity index (χ2v) is 2.63. The van der Waals surface area contributed by atoms with Crippen molar-refractivity contribution in [3.63, 3.8) is 0 Å². The third kappa shape index (κ3) is 1.76. The van der Waals surface area contributed by atoms with Crippen LogP contribution in [0, 0.1) is 12.3 Å². The molecule has 0 fully saturated rings. The molecule has 14 heavy (non-hydrogen) atoms. The molecular formula is C11H10O3. The zero-order valence-corrected chi connectivity index (χ0v) is 7.78. The van der Waals surface area contributed by atoms with Crippen molar-refractivity contribution in [2.24, 2.45) is 0 Å². The largest absolute Gasteiger partial charge is 0.465 e. The van der Waals surface area contributed by atoms with E-state index >= 15 is 0 Å². The molecule has 0 atom stereocenters. The average molecular weight is 190 g/mol. The van der Waals surface area contributed by atoms with Crippen LogP contribution in [-0.4, -0.2) is 18.2 Å². The van der Waals surface area contributed by atoms with Gasteiger partial charge < -0.3 is 9.84 Å². The van der Waals surface area contributed by atoms with Crippen LogP contribution in [0.2, 0.25) is 0 Å². The van der Waals surface area contributed by atoms with Crippen LogP contribution >= 0.6 is 0 Å². The van der Waals surface area contributed by atoms with Crippen molar-refractivity contribution in [3.05, 3.63) is 34.9 Å². The topological polar surface area (TPSA) is 46.5 Å². The summed E-state index contributed by atoms with van der Waals surface area (Å²) in [6.07, 6.45) is 5.25.